The number of carbonyl (C=O) groups excluding carboxylic acids is 2. The fraction of sp³-hybridized carbons (Fsp3) is 0. The lowest BCUT2D eigenvalue weighted by atomic mass is 10.0. The van der Waals surface area contributed by atoms with E-state index in [1.807, 2.05) is 24.3 Å². The summed E-state index contributed by atoms with van der Waals surface area (Å²) in [6.45, 7) is 0. The van der Waals surface area contributed by atoms with Gasteiger partial charge < -0.3 is 19.7 Å². The number of esters is 2. The molecule has 0 aromatic heterocycles. The Bertz CT molecular complexity index is 1590. The van der Waals surface area contributed by atoms with Crippen LogP contribution in [-0.2, 0) is 9.59 Å². The van der Waals surface area contributed by atoms with Crippen LogP contribution in [0.25, 0.3) is 23.3 Å². The predicted octanol–water partition coefficient (Wildman–Crippen LogP) is 8.54. The molecule has 200 valence electrons. The lowest BCUT2D eigenvalue weighted by Gasteiger charge is -2.03. The van der Waals surface area contributed by atoms with Crippen LogP contribution in [-0.4, -0.2) is 22.2 Å². The highest BCUT2D eigenvalue weighted by Crippen LogP contribution is 2.39. The Labute approximate surface area is 255 Å². The van der Waals surface area contributed by atoms with E-state index in [4.69, 9.17) is 32.7 Å². The van der Waals surface area contributed by atoms with E-state index < -0.39 is 5.97 Å². The number of phenolic OH excluding ortho intramolecular Hbond substituents is 2. The van der Waals surface area contributed by atoms with Gasteiger partial charge in [-0.25, -0.2) is 9.59 Å². The number of carbonyl (C=O) groups is 2. The number of ether oxygens (including phenoxy) is 2. The van der Waals surface area contributed by atoms with E-state index in [1.165, 1.54) is 12.1 Å². The number of hydrogen-bond donors (Lipinski definition) is 2. The zero-order chi connectivity index (χ0) is 28.6. The van der Waals surface area contributed by atoms with Gasteiger partial charge in [-0.05, 0) is 91.5 Å². The summed E-state index contributed by atoms with van der Waals surface area (Å²) in [5.41, 5.74) is 3.82. The Balaban J connectivity index is 0.000000161. The summed E-state index contributed by atoms with van der Waals surface area (Å²) in [7, 11) is 0. The maximum atomic E-state index is 11.9. The third-order valence-corrected chi connectivity index (χ3v) is 7.69. The van der Waals surface area contributed by atoms with E-state index in [-0.39, 0.29) is 27.5 Å². The number of fused-ring (bicyclic) bond motifs is 2. The highest BCUT2D eigenvalue weighted by molar-refractivity contribution is 9.11. The fourth-order valence-electron chi connectivity index (χ4n) is 4.03. The molecule has 2 aliphatic heterocycles. The molecule has 6 nitrogen and oxygen atoms in total. The Morgan fingerprint density at radius 3 is 1.48 bits per heavy atom. The van der Waals surface area contributed by atoms with Crippen molar-refractivity contribution in [3.8, 4) is 23.0 Å². The standard InChI is InChI=1S/C15H8Br2O3.C15H8Cl2O3/c2*16-11-6-8(7-12(17)14(11)18)5-10-9-3-1-2-4-13(9)20-15(10)19/h2*1-7,18H/b2*10-5+. The molecule has 6 rings (SSSR count). The van der Waals surface area contributed by atoms with Crippen LogP contribution in [0.2, 0.25) is 10.0 Å². The van der Waals surface area contributed by atoms with Gasteiger partial charge in [0.15, 0.2) is 5.75 Å². The molecular weight excluding hydrogens is 687 g/mol. The second-order valence-corrected chi connectivity index (χ2v) is 11.1. The van der Waals surface area contributed by atoms with E-state index in [0.717, 1.165) is 16.7 Å². The molecule has 0 amide bonds. The van der Waals surface area contributed by atoms with Gasteiger partial charge in [-0.1, -0.05) is 59.6 Å². The first-order chi connectivity index (χ1) is 19.1. The van der Waals surface area contributed by atoms with E-state index in [0.29, 0.717) is 37.2 Å². The van der Waals surface area contributed by atoms with Crippen LogP contribution in [0.15, 0.2) is 81.7 Å². The molecule has 4 aromatic rings. The molecule has 0 saturated heterocycles. The molecule has 0 spiro atoms. The van der Waals surface area contributed by atoms with Crippen molar-refractivity contribution >= 4 is 90.3 Å². The molecular formula is C30H16Br2Cl2O6. The molecule has 0 radical (unpaired) electrons. The van der Waals surface area contributed by atoms with Gasteiger partial charge in [-0.2, -0.15) is 0 Å². The summed E-state index contributed by atoms with van der Waals surface area (Å²) in [5.74, 6) is 0.254. The van der Waals surface area contributed by atoms with Crippen molar-refractivity contribution in [2.24, 2.45) is 0 Å². The van der Waals surface area contributed by atoms with E-state index >= 15 is 0 Å². The minimum absolute atomic E-state index is 0.126. The van der Waals surface area contributed by atoms with Crippen molar-refractivity contribution in [3.05, 3.63) is 114 Å². The average Bonchev–Trinajstić information content (AvgIpc) is 3.41. The van der Waals surface area contributed by atoms with Gasteiger partial charge in [0.2, 0.25) is 0 Å². The van der Waals surface area contributed by atoms with Crippen LogP contribution in [0.3, 0.4) is 0 Å². The average molecular weight is 703 g/mol. The first-order valence-electron chi connectivity index (χ1n) is 11.5. The molecule has 0 aliphatic carbocycles. The van der Waals surface area contributed by atoms with E-state index in [9.17, 15) is 19.8 Å². The lowest BCUT2D eigenvalue weighted by molar-refractivity contribution is -0.127. The Kier molecular flexibility index (Phi) is 8.05. The molecule has 2 N–H and O–H groups in total. The topological polar surface area (TPSA) is 93.1 Å². The number of para-hydroxylation sites is 2. The first kappa shape index (κ1) is 28.0. The zero-order valence-corrected chi connectivity index (χ0v) is 24.8. The number of aromatic hydroxyl groups is 2. The number of hydrogen-bond acceptors (Lipinski definition) is 6. The number of benzene rings is 4. The summed E-state index contributed by atoms with van der Waals surface area (Å²) in [5, 5.41) is 19.5. The third-order valence-electron chi connectivity index (χ3n) is 5.90. The highest BCUT2D eigenvalue weighted by atomic mass is 79.9. The Hall–Kier alpha value is -3.56. The van der Waals surface area contributed by atoms with Gasteiger partial charge >= 0.3 is 11.9 Å². The van der Waals surface area contributed by atoms with Crippen molar-refractivity contribution in [1.82, 2.24) is 0 Å². The monoisotopic (exact) mass is 700 g/mol. The van der Waals surface area contributed by atoms with Crippen LogP contribution < -0.4 is 9.47 Å². The Morgan fingerprint density at radius 2 is 1.02 bits per heavy atom. The molecule has 0 saturated carbocycles. The first-order valence-corrected chi connectivity index (χ1v) is 13.9. The minimum atomic E-state index is -0.425. The Morgan fingerprint density at radius 1 is 0.625 bits per heavy atom. The third kappa shape index (κ3) is 5.67. The van der Waals surface area contributed by atoms with Crippen LogP contribution in [0.5, 0.6) is 23.0 Å². The van der Waals surface area contributed by atoms with Crippen molar-refractivity contribution in [1.29, 1.82) is 0 Å². The summed E-state index contributed by atoms with van der Waals surface area (Å²) in [6.07, 6.45) is 3.37. The molecule has 2 aliphatic rings. The number of phenols is 2. The largest absolute Gasteiger partial charge is 0.506 e. The second kappa shape index (κ2) is 11.5. The summed E-state index contributed by atoms with van der Waals surface area (Å²) in [6, 6.07) is 21.0. The number of halogens is 4. The SMILES string of the molecule is O=C1Oc2ccccc2/C1=C\c1cc(Br)c(O)c(Br)c1.O=C1Oc2ccccc2/C1=C\c1cc(Cl)c(O)c(Cl)c1. The molecule has 40 heavy (non-hydrogen) atoms. The fourth-order valence-corrected chi connectivity index (χ4v) is 5.76. The molecule has 4 aromatic carbocycles. The lowest BCUT2D eigenvalue weighted by Crippen LogP contribution is -2.00. The van der Waals surface area contributed by atoms with E-state index in [1.54, 1.807) is 48.6 Å². The van der Waals surface area contributed by atoms with Gasteiger partial charge in [-0.3, -0.25) is 0 Å². The molecule has 0 unspecified atom stereocenters. The molecule has 10 heteroatoms. The molecule has 0 atom stereocenters. The van der Waals surface area contributed by atoms with Gasteiger partial charge in [0.05, 0.1) is 30.1 Å². The van der Waals surface area contributed by atoms with Crippen molar-refractivity contribution < 1.29 is 29.3 Å². The van der Waals surface area contributed by atoms with Crippen molar-refractivity contribution in [3.63, 3.8) is 0 Å². The van der Waals surface area contributed by atoms with Gasteiger partial charge in [-0.15, -0.1) is 0 Å². The molecule has 0 bridgehead atoms. The van der Waals surface area contributed by atoms with Gasteiger partial charge in [0, 0.05) is 11.1 Å². The van der Waals surface area contributed by atoms with Crippen molar-refractivity contribution in [2.45, 2.75) is 0 Å². The van der Waals surface area contributed by atoms with Crippen LogP contribution in [0.4, 0.5) is 0 Å². The van der Waals surface area contributed by atoms with Crippen LogP contribution in [0.1, 0.15) is 22.3 Å². The summed E-state index contributed by atoms with van der Waals surface area (Å²) < 4.78 is 11.5. The molecule has 0 fully saturated rings. The van der Waals surface area contributed by atoms with Crippen LogP contribution in [0, 0.1) is 0 Å². The maximum Gasteiger partial charge on any atom is 0.344 e. The quantitative estimate of drug-likeness (QED) is 0.124. The maximum absolute atomic E-state index is 11.9. The van der Waals surface area contributed by atoms with Gasteiger partial charge in [0.25, 0.3) is 0 Å². The normalized spacial score (nSPS) is 15.3. The second-order valence-electron chi connectivity index (χ2n) is 8.55. The minimum Gasteiger partial charge on any atom is -0.506 e. The summed E-state index contributed by atoms with van der Waals surface area (Å²) >= 11 is 18.3. The van der Waals surface area contributed by atoms with Crippen LogP contribution >= 0.6 is 55.1 Å². The highest BCUT2D eigenvalue weighted by Gasteiger charge is 2.27. The van der Waals surface area contributed by atoms with Gasteiger partial charge in [0.1, 0.15) is 17.2 Å². The van der Waals surface area contributed by atoms with Crippen molar-refractivity contribution in [2.75, 3.05) is 0 Å². The predicted molar refractivity (Wildman–Crippen MR) is 162 cm³/mol. The number of rotatable bonds is 2. The zero-order valence-electron chi connectivity index (χ0n) is 20.1. The smallest absolute Gasteiger partial charge is 0.344 e. The van der Waals surface area contributed by atoms with E-state index in [2.05, 4.69) is 31.9 Å². The summed E-state index contributed by atoms with van der Waals surface area (Å²) in [4.78, 5) is 23.8. The molecule has 2 heterocycles.